The van der Waals surface area contributed by atoms with Crippen LogP contribution in [0.4, 0.5) is 0 Å². The number of aryl methyl sites for hydroxylation is 2. The molecule has 2 heterocycles. The number of hydrogen-bond acceptors (Lipinski definition) is 5. The number of nitrogens with zero attached hydrogens (tertiary/aromatic N) is 2. The van der Waals surface area contributed by atoms with Crippen LogP contribution in [0.1, 0.15) is 28.8 Å². The SMILES string of the molecule is Cc1noc(C)c1-c1nc(CC(N)c2ccccc2)cs1. The maximum Gasteiger partial charge on any atom is 0.144 e. The molecule has 2 N–H and O–H groups in total. The van der Waals surface area contributed by atoms with Crippen molar-refractivity contribution < 1.29 is 4.52 Å². The molecule has 5 heteroatoms. The maximum atomic E-state index is 6.25. The minimum Gasteiger partial charge on any atom is -0.361 e. The molecule has 1 aromatic carbocycles. The van der Waals surface area contributed by atoms with E-state index >= 15 is 0 Å². The molecule has 0 aliphatic rings. The second kappa shape index (κ2) is 5.79. The van der Waals surface area contributed by atoms with Gasteiger partial charge in [-0.15, -0.1) is 11.3 Å². The highest BCUT2D eigenvalue weighted by molar-refractivity contribution is 7.13. The zero-order valence-corrected chi connectivity index (χ0v) is 12.9. The summed E-state index contributed by atoms with van der Waals surface area (Å²) in [5.74, 6) is 0.806. The summed E-state index contributed by atoms with van der Waals surface area (Å²) >= 11 is 1.61. The van der Waals surface area contributed by atoms with E-state index in [0.29, 0.717) is 0 Å². The van der Waals surface area contributed by atoms with E-state index in [0.717, 1.165) is 39.7 Å². The predicted octanol–water partition coefficient (Wildman–Crippen LogP) is 3.66. The van der Waals surface area contributed by atoms with Gasteiger partial charge in [-0.3, -0.25) is 0 Å². The van der Waals surface area contributed by atoms with E-state index < -0.39 is 0 Å². The molecule has 0 radical (unpaired) electrons. The lowest BCUT2D eigenvalue weighted by atomic mass is 10.0. The highest BCUT2D eigenvalue weighted by Crippen LogP contribution is 2.30. The molecule has 0 saturated carbocycles. The fourth-order valence-corrected chi connectivity index (χ4v) is 3.32. The Morgan fingerprint density at radius 1 is 1.24 bits per heavy atom. The van der Waals surface area contributed by atoms with Gasteiger partial charge in [-0.2, -0.15) is 0 Å². The van der Waals surface area contributed by atoms with Crippen LogP contribution in [-0.4, -0.2) is 10.1 Å². The quantitative estimate of drug-likeness (QED) is 0.798. The molecular weight excluding hydrogens is 282 g/mol. The smallest absolute Gasteiger partial charge is 0.144 e. The third-order valence-electron chi connectivity index (χ3n) is 3.46. The molecule has 21 heavy (non-hydrogen) atoms. The van der Waals surface area contributed by atoms with Crippen molar-refractivity contribution in [2.75, 3.05) is 0 Å². The van der Waals surface area contributed by atoms with Crippen molar-refractivity contribution in [3.05, 3.63) is 58.4 Å². The minimum atomic E-state index is -0.0363. The molecule has 1 unspecified atom stereocenters. The van der Waals surface area contributed by atoms with Crippen LogP contribution in [0.2, 0.25) is 0 Å². The Hall–Kier alpha value is -1.98. The third-order valence-corrected chi connectivity index (χ3v) is 4.36. The largest absolute Gasteiger partial charge is 0.361 e. The molecule has 108 valence electrons. The minimum absolute atomic E-state index is 0.0363. The van der Waals surface area contributed by atoms with Gasteiger partial charge in [0.2, 0.25) is 0 Å². The molecule has 1 atom stereocenters. The zero-order chi connectivity index (χ0) is 14.8. The first-order valence-electron chi connectivity index (χ1n) is 6.83. The molecule has 3 rings (SSSR count). The molecule has 0 amide bonds. The van der Waals surface area contributed by atoms with Crippen molar-refractivity contribution in [1.82, 2.24) is 10.1 Å². The van der Waals surface area contributed by atoms with Gasteiger partial charge in [0.15, 0.2) is 0 Å². The van der Waals surface area contributed by atoms with E-state index in [1.807, 2.05) is 44.2 Å². The summed E-state index contributed by atoms with van der Waals surface area (Å²) < 4.78 is 5.20. The van der Waals surface area contributed by atoms with E-state index in [2.05, 4.69) is 15.5 Å². The Kier molecular flexibility index (Phi) is 3.86. The lowest BCUT2D eigenvalue weighted by Crippen LogP contribution is -2.13. The summed E-state index contributed by atoms with van der Waals surface area (Å²) in [6, 6.07) is 10.1. The average molecular weight is 299 g/mol. The van der Waals surface area contributed by atoms with Crippen LogP contribution in [0.25, 0.3) is 10.6 Å². The first kappa shape index (κ1) is 14.0. The molecular formula is C16H17N3OS. The van der Waals surface area contributed by atoms with Crippen molar-refractivity contribution in [2.24, 2.45) is 5.73 Å². The summed E-state index contributed by atoms with van der Waals surface area (Å²) in [4.78, 5) is 4.68. The van der Waals surface area contributed by atoms with Gasteiger partial charge in [-0.1, -0.05) is 35.5 Å². The number of hydrogen-bond donors (Lipinski definition) is 1. The van der Waals surface area contributed by atoms with Crippen LogP contribution in [0, 0.1) is 13.8 Å². The van der Waals surface area contributed by atoms with Crippen molar-refractivity contribution in [3.8, 4) is 10.6 Å². The van der Waals surface area contributed by atoms with Crippen LogP contribution in [-0.2, 0) is 6.42 Å². The Morgan fingerprint density at radius 2 is 2.00 bits per heavy atom. The molecule has 0 spiro atoms. The highest BCUT2D eigenvalue weighted by Gasteiger charge is 2.16. The van der Waals surface area contributed by atoms with Gasteiger partial charge >= 0.3 is 0 Å². The van der Waals surface area contributed by atoms with E-state index in [-0.39, 0.29) is 6.04 Å². The van der Waals surface area contributed by atoms with E-state index in [1.165, 1.54) is 0 Å². The Balaban J connectivity index is 1.80. The van der Waals surface area contributed by atoms with Crippen LogP contribution in [0.15, 0.2) is 40.2 Å². The lowest BCUT2D eigenvalue weighted by molar-refractivity contribution is 0.393. The van der Waals surface area contributed by atoms with Crippen LogP contribution >= 0.6 is 11.3 Å². The summed E-state index contributed by atoms with van der Waals surface area (Å²) in [5, 5.41) is 6.98. The number of benzene rings is 1. The number of aromatic nitrogens is 2. The summed E-state index contributed by atoms with van der Waals surface area (Å²) in [6.07, 6.45) is 0.726. The van der Waals surface area contributed by atoms with Crippen molar-refractivity contribution >= 4 is 11.3 Å². The second-order valence-electron chi connectivity index (χ2n) is 5.06. The Bertz CT molecular complexity index is 714. The molecule has 0 bridgehead atoms. The first-order chi connectivity index (χ1) is 10.1. The van der Waals surface area contributed by atoms with Gasteiger partial charge in [0, 0.05) is 17.8 Å². The Labute approximate surface area is 127 Å². The maximum absolute atomic E-state index is 6.25. The molecule has 0 aliphatic heterocycles. The topological polar surface area (TPSA) is 64.9 Å². The van der Waals surface area contributed by atoms with Gasteiger partial charge in [-0.25, -0.2) is 4.98 Å². The molecule has 3 aromatic rings. The van der Waals surface area contributed by atoms with Crippen molar-refractivity contribution in [2.45, 2.75) is 26.3 Å². The van der Waals surface area contributed by atoms with Gasteiger partial charge in [-0.05, 0) is 19.4 Å². The predicted molar refractivity (Wildman–Crippen MR) is 84.2 cm³/mol. The normalized spacial score (nSPS) is 12.5. The highest BCUT2D eigenvalue weighted by atomic mass is 32.1. The number of nitrogens with two attached hydrogens (primary N) is 1. The standard InChI is InChI=1S/C16H17N3OS/c1-10-15(11(2)20-19-10)16-18-13(9-21-16)8-14(17)12-6-4-3-5-7-12/h3-7,9,14H,8,17H2,1-2H3. The molecule has 0 saturated heterocycles. The fourth-order valence-electron chi connectivity index (χ4n) is 2.35. The second-order valence-corrected chi connectivity index (χ2v) is 5.92. The monoisotopic (exact) mass is 299 g/mol. The zero-order valence-electron chi connectivity index (χ0n) is 12.0. The molecule has 0 fully saturated rings. The van der Waals surface area contributed by atoms with Crippen molar-refractivity contribution in [3.63, 3.8) is 0 Å². The Morgan fingerprint density at radius 3 is 2.67 bits per heavy atom. The van der Waals surface area contributed by atoms with Gasteiger partial charge in [0.1, 0.15) is 10.8 Å². The number of rotatable bonds is 4. The van der Waals surface area contributed by atoms with Gasteiger partial charge in [0.05, 0.1) is 17.0 Å². The van der Waals surface area contributed by atoms with Crippen LogP contribution < -0.4 is 5.73 Å². The van der Waals surface area contributed by atoms with Crippen molar-refractivity contribution in [1.29, 1.82) is 0 Å². The fraction of sp³-hybridized carbons (Fsp3) is 0.250. The summed E-state index contributed by atoms with van der Waals surface area (Å²) in [6.45, 7) is 3.84. The van der Waals surface area contributed by atoms with Gasteiger partial charge in [0.25, 0.3) is 0 Å². The molecule has 0 aliphatic carbocycles. The summed E-state index contributed by atoms with van der Waals surface area (Å²) in [7, 11) is 0. The lowest BCUT2D eigenvalue weighted by Gasteiger charge is -2.09. The van der Waals surface area contributed by atoms with E-state index in [1.54, 1.807) is 11.3 Å². The average Bonchev–Trinajstić information content (AvgIpc) is 3.06. The van der Waals surface area contributed by atoms with E-state index in [9.17, 15) is 0 Å². The first-order valence-corrected chi connectivity index (χ1v) is 7.71. The van der Waals surface area contributed by atoms with Crippen LogP contribution in [0.3, 0.4) is 0 Å². The van der Waals surface area contributed by atoms with Crippen LogP contribution in [0.5, 0.6) is 0 Å². The summed E-state index contributed by atoms with van der Waals surface area (Å²) in [5.41, 5.74) is 10.3. The van der Waals surface area contributed by atoms with E-state index in [4.69, 9.17) is 10.3 Å². The molecule has 4 nitrogen and oxygen atoms in total. The van der Waals surface area contributed by atoms with Gasteiger partial charge < -0.3 is 10.3 Å². The molecule has 2 aromatic heterocycles. The number of thiazole rings is 1. The third kappa shape index (κ3) is 2.89.